The second-order valence-electron chi connectivity index (χ2n) is 4.61. The molecule has 15 heavy (non-hydrogen) atoms. The lowest BCUT2D eigenvalue weighted by atomic mass is 9.94. The first-order chi connectivity index (χ1) is 6.85. The molecule has 1 heterocycles. The van der Waals surface area contributed by atoms with Crippen molar-refractivity contribution in [3.8, 4) is 0 Å². The van der Waals surface area contributed by atoms with Gasteiger partial charge in [0, 0.05) is 27.8 Å². The zero-order valence-corrected chi connectivity index (χ0v) is 11.5. The SMILES string of the molecule is COC1(OC)CC[Si](C)(OC)OC1(C)C. The van der Waals surface area contributed by atoms with Crippen molar-refractivity contribution in [2.24, 2.45) is 0 Å². The summed E-state index contributed by atoms with van der Waals surface area (Å²) in [5.41, 5.74) is -0.480. The van der Waals surface area contributed by atoms with Crippen LogP contribution in [0.4, 0.5) is 0 Å². The second kappa shape index (κ2) is 4.14. The van der Waals surface area contributed by atoms with E-state index >= 15 is 0 Å². The zero-order valence-electron chi connectivity index (χ0n) is 10.5. The first kappa shape index (κ1) is 13.1. The second-order valence-corrected chi connectivity index (χ2v) is 7.99. The van der Waals surface area contributed by atoms with Crippen LogP contribution in [0.2, 0.25) is 12.6 Å². The smallest absolute Gasteiger partial charge is 0.335 e. The molecule has 0 aromatic rings. The Balaban J connectivity index is 2.92. The summed E-state index contributed by atoms with van der Waals surface area (Å²) in [6.45, 7) is 6.05. The van der Waals surface area contributed by atoms with Crippen LogP contribution in [0.15, 0.2) is 0 Å². The van der Waals surface area contributed by atoms with Crippen molar-refractivity contribution < 1.29 is 18.3 Å². The molecule has 0 spiro atoms. The van der Waals surface area contributed by atoms with Crippen molar-refractivity contribution in [1.29, 1.82) is 0 Å². The summed E-state index contributed by atoms with van der Waals surface area (Å²) in [5.74, 6) is -0.655. The molecule has 0 aliphatic carbocycles. The molecule has 0 aromatic carbocycles. The van der Waals surface area contributed by atoms with Gasteiger partial charge in [-0.3, -0.25) is 0 Å². The fourth-order valence-electron chi connectivity index (χ4n) is 2.28. The van der Waals surface area contributed by atoms with Gasteiger partial charge in [0.25, 0.3) is 0 Å². The molecule has 0 bridgehead atoms. The highest BCUT2D eigenvalue weighted by molar-refractivity contribution is 6.66. The topological polar surface area (TPSA) is 36.9 Å². The lowest BCUT2D eigenvalue weighted by molar-refractivity contribution is -0.298. The predicted molar refractivity (Wildman–Crippen MR) is 60.0 cm³/mol. The summed E-state index contributed by atoms with van der Waals surface area (Å²) in [6, 6.07) is 0.884. The van der Waals surface area contributed by atoms with Gasteiger partial charge in [0.2, 0.25) is 0 Å². The molecule has 0 aromatic heterocycles. The number of rotatable bonds is 3. The van der Waals surface area contributed by atoms with E-state index in [1.807, 2.05) is 13.8 Å². The van der Waals surface area contributed by atoms with Crippen LogP contribution in [0.5, 0.6) is 0 Å². The number of hydrogen-bond donors (Lipinski definition) is 0. The van der Waals surface area contributed by atoms with E-state index in [1.54, 1.807) is 21.3 Å². The van der Waals surface area contributed by atoms with Crippen LogP contribution in [0, 0.1) is 0 Å². The summed E-state index contributed by atoms with van der Waals surface area (Å²) in [6.07, 6.45) is 0.809. The Labute approximate surface area is 93.1 Å². The highest BCUT2D eigenvalue weighted by atomic mass is 28.4. The summed E-state index contributed by atoms with van der Waals surface area (Å²) < 4.78 is 22.6. The average molecular weight is 234 g/mol. The Kier molecular flexibility index (Phi) is 3.62. The van der Waals surface area contributed by atoms with Crippen molar-refractivity contribution in [3.63, 3.8) is 0 Å². The molecule has 1 aliphatic rings. The first-order valence-corrected chi connectivity index (χ1v) is 7.73. The first-order valence-electron chi connectivity index (χ1n) is 5.20. The van der Waals surface area contributed by atoms with Gasteiger partial charge in [-0.1, -0.05) is 0 Å². The van der Waals surface area contributed by atoms with E-state index in [4.69, 9.17) is 18.3 Å². The quantitative estimate of drug-likeness (QED) is 0.552. The minimum Gasteiger partial charge on any atom is -0.398 e. The molecule has 0 saturated carbocycles. The Bertz CT molecular complexity index is 227. The molecule has 1 atom stereocenters. The van der Waals surface area contributed by atoms with Gasteiger partial charge < -0.3 is 18.3 Å². The number of methoxy groups -OCH3 is 2. The molecule has 4 nitrogen and oxygen atoms in total. The Hall–Kier alpha value is 0.0569. The van der Waals surface area contributed by atoms with Crippen LogP contribution < -0.4 is 0 Å². The minimum atomic E-state index is -2.03. The zero-order chi connectivity index (χ0) is 11.7. The molecule has 1 saturated heterocycles. The van der Waals surface area contributed by atoms with E-state index in [-0.39, 0.29) is 0 Å². The van der Waals surface area contributed by atoms with Gasteiger partial charge in [0.15, 0.2) is 5.79 Å². The van der Waals surface area contributed by atoms with E-state index in [2.05, 4.69) is 6.55 Å². The van der Waals surface area contributed by atoms with Crippen LogP contribution in [0.25, 0.3) is 0 Å². The Morgan fingerprint density at radius 3 is 2.00 bits per heavy atom. The van der Waals surface area contributed by atoms with Gasteiger partial charge in [-0.2, -0.15) is 0 Å². The normalized spacial score (nSPS) is 34.0. The highest BCUT2D eigenvalue weighted by Gasteiger charge is 2.56. The van der Waals surface area contributed by atoms with E-state index in [0.717, 1.165) is 12.5 Å². The van der Waals surface area contributed by atoms with Crippen LogP contribution in [-0.2, 0) is 18.3 Å². The van der Waals surface area contributed by atoms with Gasteiger partial charge in [0.1, 0.15) is 5.60 Å². The molecular weight excluding hydrogens is 212 g/mol. The molecule has 0 radical (unpaired) electrons. The lowest BCUT2D eigenvalue weighted by Gasteiger charge is -2.51. The average Bonchev–Trinajstić information content (AvgIpc) is 2.18. The standard InChI is InChI=1S/C10H22O4Si/c1-9(2)10(11-3,12-4)7-8-15(6,13-5)14-9/h7-8H2,1-6H3. The van der Waals surface area contributed by atoms with Crippen LogP contribution in [0.1, 0.15) is 20.3 Å². The van der Waals surface area contributed by atoms with E-state index < -0.39 is 19.9 Å². The van der Waals surface area contributed by atoms with Gasteiger partial charge >= 0.3 is 8.56 Å². The maximum Gasteiger partial charge on any atom is 0.335 e. The van der Waals surface area contributed by atoms with Crippen LogP contribution in [0.3, 0.4) is 0 Å². The Morgan fingerprint density at radius 1 is 1.13 bits per heavy atom. The molecule has 1 rings (SSSR count). The molecule has 90 valence electrons. The molecule has 0 N–H and O–H groups in total. The van der Waals surface area contributed by atoms with E-state index in [9.17, 15) is 0 Å². The van der Waals surface area contributed by atoms with Crippen molar-refractivity contribution >= 4 is 8.56 Å². The van der Waals surface area contributed by atoms with Gasteiger partial charge in [-0.15, -0.1) is 0 Å². The maximum atomic E-state index is 6.07. The summed E-state index contributed by atoms with van der Waals surface area (Å²) >= 11 is 0. The third-order valence-corrected chi connectivity index (χ3v) is 6.35. The third kappa shape index (κ3) is 2.12. The summed E-state index contributed by atoms with van der Waals surface area (Å²) in [5, 5.41) is 0. The van der Waals surface area contributed by atoms with Crippen LogP contribution in [-0.4, -0.2) is 41.3 Å². The predicted octanol–water partition coefficient (Wildman–Crippen LogP) is 1.89. The summed E-state index contributed by atoms with van der Waals surface area (Å²) in [7, 11) is 3.01. The molecular formula is C10H22O4Si. The van der Waals surface area contributed by atoms with Gasteiger partial charge in [-0.25, -0.2) is 0 Å². The largest absolute Gasteiger partial charge is 0.398 e. The minimum absolute atomic E-state index is 0.480. The molecule has 5 heteroatoms. The fourth-order valence-corrected chi connectivity index (χ4v) is 4.69. The van der Waals surface area contributed by atoms with Crippen LogP contribution >= 0.6 is 0 Å². The van der Waals surface area contributed by atoms with Crippen molar-refractivity contribution in [3.05, 3.63) is 0 Å². The molecule has 1 aliphatic heterocycles. The van der Waals surface area contributed by atoms with E-state index in [1.165, 1.54) is 0 Å². The van der Waals surface area contributed by atoms with E-state index in [0.29, 0.717) is 0 Å². The molecule has 0 amide bonds. The van der Waals surface area contributed by atoms with Gasteiger partial charge in [-0.05, 0) is 26.4 Å². The number of hydrogen-bond acceptors (Lipinski definition) is 4. The van der Waals surface area contributed by atoms with Crippen molar-refractivity contribution in [2.45, 2.75) is 44.2 Å². The third-order valence-electron chi connectivity index (χ3n) is 3.39. The highest BCUT2D eigenvalue weighted by Crippen LogP contribution is 2.43. The summed E-state index contributed by atoms with van der Waals surface area (Å²) in [4.78, 5) is 0. The molecule has 1 unspecified atom stereocenters. The van der Waals surface area contributed by atoms with Crippen molar-refractivity contribution in [2.75, 3.05) is 21.3 Å². The fraction of sp³-hybridized carbons (Fsp3) is 1.00. The molecule has 1 fully saturated rings. The monoisotopic (exact) mass is 234 g/mol. The lowest BCUT2D eigenvalue weighted by Crippen LogP contribution is -2.64. The Morgan fingerprint density at radius 2 is 1.67 bits per heavy atom. The maximum absolute atomic E-state index is 6.07. The number of ether oxygens (including phenoxy) is 2. The van der Waals surface area contributed by atoms with Crippen molar-refractivity contribution in [1.82, 2.24) is 0 Å². The van der Waals surface area contributed by atoms with Gasteiger partial charge in [0.05, 0.1) is 0 Å².